The van der Waals surface area contributed by atoms with Crippen LogP contribution in [0.1, 0.15) is 78.8 Å². The average molecular weight is 941 g/mol. The molecule has 0 bridgehead atoms. The van der Waals surface area contributed by atoms with Crippen LogP contribution < -0.4 is 60.2 Å². The number of carboxylic acid groups (broad SMARTS) is 2. The summed E-state index contributed by atoms with van der Waals surface area (Å²) in [4.78, 5) is 139. The van der Waals surface area contributed by atoms with Crippen molar-refractivity contribution in [3.63, 3.8) is 0 Å². The first-order chi connectivity index (χ1) is 30.4. The van der Waals surface area contributed by atoms with Crippen LogP contribution in [0.2, 0.25) is 0 Å². The van der Waals surface area contributed by atoms with E-state index in [-0.39, 0.29) is 49.9 Å². The summed E-state index contributed by atoms with van der Waals surface area (Å²) in [5.74, 6) is -11.4. The van der Waals surface area contributed by atoms with Gasteiger partial charge in [0, 0.05) is 37.0 Å². The van der Waals surface area contributed by atoms with E-state index in [0.29, 0.717) is 5.69 Å². The summed E-state index contributed by atoms with van der Waals surface area (Å²) in [5.41, 5.74) is 22.7. The fourth-order valence-corrected chi connectivity index (χ4v) is 6.14. The highest BCUT2D eigenvalue weighted by molar-refractivity contribution is 7.80. The number of amides is 8. The fourth-order valence-electron chi connectivity index (χ4n) is 5.88. The molecule has 1 aromatic heterocycles. The molecule has 1 aromatic rings. The molecule has 18 N–H and O–H groups in total. The maximum atomic E-state index is 13.8. The molecule has 0 saturated carbocycles. The largest absolute Gasteiger partial charge is 0.481 e. The maximum Gasteiger partial charge on any atom is 0.326 e. The Morgan fingerprint density at radius 2 is 1.25 bits per heavy atom. The van der Waals surface area contributed by atoms with Gasteiger partial charge in [-0.25, -0.2) is 9.78 Å². The SMILES string of the molecule is CC(C)C[C@H](NC(=O)[C@H](C)NC(=O)[C@@H](NC(=O)[C@H](CS)NC(=O)[C@H](CCCN=C(N)N)NC(=O)[C@H](CC(N)=O)NC(=O)[C@H](CCC(=O)O)NC(=O)[C@@H](N)Cc1cnc[nH]1)C(C)C)C(=O)O. The van der Waals surface area contributed by atoms with Gasteiger partial charge in [0.25, 0.3) is 0 Å². The number of carboxylic acids is 2. The predicted octanol–water partition coefficient (Wildman–Crippen LogP) is -4.80. The van der Waals surface area contributed by atoms with Crippen molar-refractivity contribution >= 4 is 77.8 Å². The van der Waals surface area contributed by atoms with E-state index in [4.69, 9.17) is 22.9 Å². The molecule has 0 spiro atoms. The van der Waals surface area contributed by atoms with Gasteiger partial charge in [-0.15, -0.1) is 0 Å². The number of hydrogen-bond acceptors (Lipinski definition) is 14. The summed E-state index contributed by atoms with van der Waals surface area (Å²) in [7, 11) is 0. The molecule has 0 fully saturated rings. The second-order valence-corrected chi connectivity index (χ2v) is 16.2. The number of aromatic nitrogens is 2. The lowest BCUT2D eigenvalue weighted by Gasteiger charge is -2.28. The zero-order valence-corrected chi connectivity index (χ0v) is 37.8. The zero-order chi connectivity index (χ0) is 49.6. The second-order valence-electron chi connectivity index (χ2n) is 15.9. The van der Waals surface area contributed by atoms with Gasteiger partial charge in [0.2, 0.25) is 47.3 Å². The third kappa shape index (κ3) is 21.6. The molecule has 1 rings (SSSR count). The maximum absolute atomic E-state index is 13.8. The molecular formula is C38H64N14O12S. The Hall–Kier alpha value is -6.51. The van der Waals surface area contributed by atoms with Crippen molar-refractivity contribution in [2.45, 2.75) is 128 Å². The summed E-state index contributed by atoms with van der Waals surface area (Å²) in [6.07, 6.45) is 0.873. The van der Waals surface area contributed by atoms with Gasteiger partial charge >= 0.3 is 11.9 Å². The summed E-state index contributed by atoms with van der Waals surface area (Å²) in [6, 6.07) is -11.2. The Labute approximate surface area is 380 Å². The molecule has 26 nitrogen and oxygen atoms in total. The molecule has 8 atom stereocenters. The number of imidazole rings is 1. The van der Waals surface area contributed by atoms with Gasteiger partial charge in [-0.05, 0) is 44.4 Å². The van der Waals surface area contributed by atoms with E-state index in [9.17, 15) is 58.2 Å². The van der Waals surface area contributed by atoms with Gasteiger partial charge < -0.3 is 75.3 Å². The monoisotopic (exact) mass is 940 g/mol. The lowest BCUT2D eigenvalue weighted by atomic mass is 10.0. The van der Waals surface area contributed by atoms with Crippen molar-refractivity contribution < 1.29 is 58.2 Å². The van der Waals surface area contributed by atoms with E-state index in [1.54, 1.807) is 27.7 Å². The molecule has 0 saturated heterocycles. The number of nitrogens with two attached hydrogens (primary N) is 4. The molecule has 1 heterocycles. The molecule has 27 heteroatoms. The van der Waals surface area contributed by atoms with E-state index in [2.05, 4.69) is 64.8 Å². The molecule has 0 aliphatic heterocycles. The number of carbonyl (C=O) groups is 10. The molecule has 0 unspecified atom stereocenters. The number of primary amides is 1. The van der Waals surface area contributed by atoms with Crippen molar-refractivity contribution in [2.75, 3.05) is 12.3 Å². The number of thiol groups is 1. The minimum atomic E-state index is -1.78. The van der Waals surface area contributed by atoms with Crippen molar-refractivity contribution in [2.24, 2.45) is 39.8 Å². The number of hydrogen-bond donors (Lipinski definition) is 15. The predicted molar refractivity (Wildman–Crippen MR) is 236 cm³/mol. The van der Waals surface area contributed by atoms with Crippen LogP contribution in [0.5, 0.6) is 0 Å². The molecule has 364 valence electrons. The summed E-state index contributed by atoms with van der Waals surface area (Å²) >= 11 is 4.18. The average Bonchev–Trinajstić information content (AvgIpc) is 3.72. The number of nitrogens with one attached hydrogen (secondary N) is 8. The third-order valence-electron chi connectivity index (χ3n) is 9.36. The minimum Gasteiger partial charge on any atom is -0.481 e. The first-order valence-electron chi connectivity index (χ1n) is 20.6. The van der Waals surface area contributed by atoms with Crippen LogP contribution in [-0.4, -0.2) is 146 Å². The van der Waals surface area contributed by atoms with Gasteiger partial charge in [-0.2, -0.15) is 12.6 Å². The number of aromatic amines is 1. The zero-order valence-electron chi connectivity index (χ0n) is 36.9. The third-order valence-corrected chi connectivity index (χ3v) is 9.73. The van der Waals surface area contributed by atoms with Crippen molar-refractivity contribution in [3.05, 3.63) is 18.2 Å². The van der Waals surface area contributed by atoms with Crippen LogP contribution in [0, 0.1) is 11.8 Å². The highest BCUT2D eigenvalue weighted by Crippen LogP contribution is 2.09. The Morgan fingerprint density at radius 1 is 0.708 bits per heavy atom. The molecule has 0 aliphatic rings. The second kappa shape index (κ2) is 28.3. The minimum absolute atomic E-state index is 0.0241. The van der Waals surface area contributed by atoms with E-state index in [0.717, 1.165) is 0 Å². The molecule has 8 amide bonds. The normalized spacial score (nSPS) is 14.7. The van der Waals surface area contributed by atoms with Crippen LogP contribution >= 0.6 is 12.6 Å². The number of carbonyl (C=O) groups excluding carboxylic acids is 8. The number of H-pyrrole nitrogens is 1. The molecule has 0 aliphatic carbocycles. The Morgan fingerprint density at radius 3 is 1.75 bits per heavy atom. The van der Waals surface area contributed by atoms with E-state index >= 15 is 0 Å². The van der Waals surface area contributed by atoms with E-state index in [1.807, 2.05) is 0 Å². The number of aliphatic carboxylic acids is 2. The van der Waals surface area contributed by atoms with Gasteiger partial charge in [0.15, 0.2) is 5.96 Å². The fraction of sp³-hybridized carbons (Fsp3) is 0.632. The summed E-state index contributed by atoms with van der Waals surface area (Å²) in [6.45, 7) is 8.04. The van der Waals surface area contributed by atoms with Crippen molar-refractivity contribution in [1.82, 2.24) is 47.2 Å². The summed E-state index contributed by atoms with van der Waals surface area (Å²) in [5, 5.41) is 35.6. The van der Waals surface area contributed by atoms with Crippen LogP contribution in [-0.2, 0) is 54.4 Å². The van der Waals surface area contributed by atoms with Crippen LogP contribution in [0.25, 0.3) is 0 Å². The first-order valence-corrected chi connectivity index (χ1v) is 21.2. The Bertz CT molecular complexity index is 1840. The van der Waals surface area contributed by atoms with Gasteiger partial charge in [0.1, 0.15) is 42.3 Å². The molecular weight excluding hydrogens is 877 g/mol. The van der Waals surface area contributed by atoms with Gasteiger partial charge in [-0.1, -0.05) is 27.7 Å². The lowest BCUT2D eigenvalue weighted by Crippen LogP contribution is -2.61. The Balaban J connectivity index is 3.28. The highest BCUT2D eigenvalue weighted by Gasteiger charge is 2.35. The summed E-state index contributed by atoms with van der Waals surface area (Å²) < 4.78 is 0. The van der Waals surface area contributed by atoms with Crippen LogP contribution in [0.15, 0.2) is 17.5 Å². The molecule has 0 radical (unpaired) electrons. The van der Waals surface area contributed by atoms with E-state index < -0.39 is 133 Å². The lowest BCUT2D eigenvalue weighted by molar-refractivity contribution is -0.142. The number of rotatable bonds is 30. The number of guanidine groups is 1. The Kier molecular flexibility index (Phi) is 24.6. The number of aliphatic imine (C=N–C) groups is 1. The van der Waals surface area contributed by atoms with Crippen molar-refractivity contribution in [1.29, 1.82) is 0 Å². The van der Waals surface area contributed by atoms with Gasteiger partial charge in [0.05, 0.1) is 18.8 Å². The quantitative estimate of drug-likeness (QED) is 0.0149. The first kappa shape index (κ1) is 56.5. The molecule has 0 aromatic carbocycles. The topological polar surface area (TPSA) is 440 Å². The van der Waals surface area contributed by atoms with E-state index in [1.165, 1.54) is 19.4 Å². The molecule has 65 heavy (non-hydrogen) atoms. The van der Waals surface area contributed by atoms with Gasteiger partial charge in [-0.3, -0.25) is 48.1 Å². The smallest absolute Gasteiger partial charge is 0.326 e. The number of nitrogens with zero attached hydrogens (tertiary/aromatic N) is 2. The van der Waals surface area contributed by atoms with Crippen molar-refractivity contribution in [3.8, 4) is 0 Å². The van der Waals surface area contributed by atoms with Crippen LogP contribution in [0.4, 0.5) is 0 Å². The van der Waals surface area contributed by atoms with Crippen LogP contribution in [0.3, 0.4) is 0 Å². The highest BCUT2D eigenvalue weighted by atomic mass is 32.1. The standard InChI is InChI=1S/C38H64N14O12S/c1-17(2)11-25(37(63)64)50-30(56)19(5)46-36(62)29(18(3)4)52-35(61)26(15-65)51-32(58)22(7-6-10-44-38(41)42)48-34(60)24(13-27(40)53)49-33(59)23(8-9-28(54)55)47-31(57)21(39)12-20-14-43-16-45-20/h14,16-19,21-26,29,65H,6-13,15,39H2,1-5H3,(H2,40,53)(H,43,45)(H,46,62)(H,47,57)(H,48,60)(H,49,59)(H,50,56)(H,51,58)(H,52,61)(H,54,55)(H,63,64)(H4,41,42,44)/t19-,21-,22-,23-,24-,25-,26-,29-/m0/s1.